The van der Waals surface area contributed by atoms with Crippen LogP contribution in [0.2, 0.25) is 0 Å². The van der Waals surface area contributed by atoms with Gasteiger partial charge in [-0.2, -0.15) is 0 Å². The first-order valence-corrected chi connectivity index (χ1v) is 6.76. The molecule has 0 spiro atoms. The number of nitrogens with zero attached hydrogens (tertiary/aromatic N) is 1. The maximum atomic E-state index is 3.57. The van der Waals surface area contributed by atoms with Crippen molar-refractivity contribution in [1.82, 2.24) is 10.2 Å². The third-order valence-corrected chi connectivity index (χ3v) is 3.77. The van der Waals surface area contributed by atoms with Gasteiger partial charge in [0.25, 0.3) is 0 Å². The normalized spacial score (nSPS) is 22.0. The van der Waals surface area contributed by atoms with E-state index in [-0.39, 0.29) is 0 Å². The van der Waals surface area contributed by atoms with Gasteiger partial charge in [-0.15, -0.1) is 0 Å². The standard InChI is InChI=1S/C13H26N2/c1-15(11-12-5-4-6-12)10-3-2-9-14-13-7-8-13/h12-14H,2-11H2,1H3. The number of nitrogens with one attached hydrogen (secondary N) is 1. The van der Waals surface area contributed by atoms with E-state index in [0.717, 1.165) is 12.0 Å². The van der Waals surface area contributed by atoms with Crippen LogP contribution in [-0.2, 0) is 0 Å². The van der Waals surface area contributed by atoms with Crippen LogP contribution in [0, 0.1) is 5.92 Å². The second-order valence-corrected chi connectivity index (χ2v) is 5.49. The minimum atomic E-state index is 0.887. The van der Waals surface area contributed by atoms with Crippen LogP contribution in [0.5, 0.6) is 0 Å². The molecule has 2 saturated carbocycles. The van der Waals surface area contributed by atoms with Gasteiger partial charge in [-0.1, -0.05) is 6.42 Å². The van der Waals surface area contributed by atoms with Gasteiger partial charge < -0.3 is 10.2 Å². The molecule has 15 heavy (non-hydrogen) atoms. The molecular formula is C13H26N2. The van der Waals surface area contributed by atoms with Crippen LogP contribution in [0.15, 0.2) is 0 Å². The molecule has 0 aliphatic heterocycles. The molecule has 2 heteroatoms. The van der Waals surface area contributed by atoms with Crippen LogP contribution in [0.3, 0.4) is 0 Å². The average Bonchev–Trinajstić information content (AvgIpc) is 2.95. The minimum absolute atomic E-state index is 0.887. The maximum absolute atomic E-state index is 3.57. The minimum Gasteiger partial charge on any atom is -0.314 e. The van der Waals surface area contributed by atoms with Gasteiger partial charge in [0.2, 0.25) is 0 Å². The fraction of sp³-hybridized carbons (Fsp3) is 1.00. The van der Waals surface area contributed by atoms with Crippen molar-refractivity contribution in [3.8, 4) is 0 Å². The Kier molecular flexibility index (Phi) is 4.45. The molecule has 2 nitrogen and oxygen atoms in total. The van der Waals surface area contributed by atoms with E-state index in [2.05, 4.69) is 17.3 Å². The third kappa shape index (κ3) is 4.52. The summed E-state index contributed by atoms with van der Waals surface area (Å²) < 4.78 is 0. The van der Waals surface area contributed by atoms with E-state index in [9.17, 15) is 0 Å². The zero-order valence-corrected chi connectivity index (χ0v) is 10.2. The number of hydrogen-bond donors (Lipinski definition) is 1. The predicted molar refractivity (Wildman–Crippen MR) is 65.1 cm³/mol. The van der Waals surface area contributed by atoms with Crippen molar-refractivity contribution in [1.29, 1.82) is 0 Å². The summed E-state index contributed by atoms with van der Waals surface area (Å²) in [6.07, 6.45) is 9.99. The fourth-order valence-electron chi connectivity index (χ4n) is 2.31. The first-order chi connectivity index (χ1) is 7.34. The van der Waals surface area contributed by atoms with E-state index in [0.29, 0.717) is 0 Å². The van der Waals surface area contributed by atoms with Crippen molar-refractivity contribution in [2.45, 2.75) is 51.0 Å². The Bertz CT molecular complexity index is 173. The second-order valence-electron chi connectivity index (χ2n) is 5.49. The van der Waals surface area contributed by atoms with Crippen LogP contribution < -0.4 is 5.32 Å². The van der Waals surface area contributed by atoms with Crippen molar-refractivity contribution in [3.63, 3.8) is 0 Å². The van der Waals surface area contributed by atoms with Gasteiger partial charge >= 0.3 is 0 Å². The van der Waals surface area contributed by atoms with Gasteiger partial charge in [0.05, 0.1) is 0 Å². The number of rotatable bonds is 8. The molecule has 0 aromatic heterocycles. The lowest BCUT2D eigenvalue weighted by molar-refractivity contribution is 0.203. The summed E-state index contributed by atoms with van der Waals surface area (Å²) >= 11 is 0. The highest BCUT2D eigenvalue weighted by Crippen LogP contribution is 2.26. The zero-order valence-electron chi connectivity index (χ0n) is 10.2. The van der Waals surface area contributed by atoms with E-state index in [1.807, 2.05) is 0 Å². The van der Waals surface area contributed by atoms with Crippen LogP contribution >= 0.6 is 0 Å². The summed E-state index contributed by atoms with van der Waals surface area (Å²) in [7, 11) is 2.28. The number of hydrogen-bond acceptors (Lipinski definition) is 2. The fourth-order valence-corrected chi connectivity index (χ4v) is 2.31. The molecule has 2 fully saturated rings. The predicted octanol–water partition coefficient (Wildman–Crippen LogP) is 2.25. The summed E-state index contributed by atoms with van der Waals surface area (Å²) in [5, 5.41) is 3.57. The van der Waals surface area contributed by atoms with E-state index < -0.39 is 0 Å². The molecule has 88 valence electrons. The topological polar surface area (TPSA) is 15.3 Å². The first-order valence-electron chi connectivity index (χ1n) is 6.76. The van der Waals surface area contributed by atoms with Gasteiger partial charge in [-0.25, -0.2) is 0 Å². The van der Waals surface area contributed by atoms with Gasteiger partial charge in [-0.05, 0) is 64.6 Å². The molecule has 0 aromatic carbocycles. The molecule has 0 unspecified atom stereocenters. The SMILES string of the molecule is CN(CCCCNC1CC1)CC1CCC1. The van der Waals surface area contributed by atoms with Gasteiger partial charge in [0.1, 0.15) is 0 Å². The van der Waals surface area contributed by atoms with Crippen molar-refractivity contribution < 1.29 is 0 Å². The van der Waals surface area contributed by atoms with Crippen LogP contribution in [0.1, 0.15) is 44.9 Å². The molecule has 0 saturated heterocycles. The molecule has 0 aromatic rings. The summed E-state index contributed by atoms with van der Waals surface area (Å²) in [5.41, 5.74) is 0. The Labute approximate surface area is 94.4 Å². The monoisotopic (exact) mass is 210 g/mol. The van der Waals surface area contributed by atoms with Gasteiger partial charge in [0, 0.05) is 12.6 Å². The smallest absolute Gasteiger partial charge is 0.00682 e. The highest BCUT2D eigenvalue weighted by molar-refractivity contribution is 4.80. The lowest BCUT2D eigenvalue weighted by Crippen LogP contribution is -2.30. The first kappa shape index (κ1) is 11.4. The molecule has 0 radical (unpaired) electrons. The van der Waals surface area contributed by atoms with Crippen LogP contribution in [0.4, 0.5) is 0 Å². The second kappa shape index (κ2) is 5.86. The Balaban J connectivity index is 1.38. The molecule has 1 N–H and O–H groups in total. The Morgan fingerprint density at radius 1 is 1.13 bits per heavy atom. The molecule has 0 amide bonds. The lowest BCUT2D eigenvalue weighted by atomic mass is 9.85. The molecule has 2 rings (SSSR count). The number of unbranched alkanes of at least 4 members (excludes halogenated alkanes) is 1. The summed E-state index contributed by atoms with van der Waals surface area (Å²) in [6, 6.07) is 0.887. The lowest BCUT2D eigenvalue weighted by Gasteiger charge is -2.30. The highest BCUT2D eigenvalue weighted by Gasteiger charge is 2.20. The van der Waals surface area contributed by atoms with Gasteiger partial charge in [-0.3, -0.25) is 0 Å². The summed E-state index contributed by atoms with van der Waals surface area (Å²) in [6.45, 7) is 3.88. The zero-order chi connectivity index (χ0) is 10.5. The van der Waals surface area contributed by atoms with Crippen LogP contribution in [-0.4, -0.2) is 37.6 Å². The van der Waals surface area contributed by atoms with E-state index >= 15 is 0 Å². The average molecular weight is 210 g/mol. The molecule has 0 heterocycles. The van der Waals surface area contributed by atoms with Crippen molar-refractivity contribution in [2.75, 3.05) is 26.7 Å². The molecule has 2 aliphatic rings. The molecular weight excluding hydrogens is 184 g/mol. The van der Waals surface area contributed by atoms with E-state index in [4.69, 9.17) is 0 Å². The maximum Gasteiger partial charge on any atom is 0.00682 e. The molecule has 2 aliphatic carbocycles. The van der Waals surface area contributed by atoms with E-state index in [1.165, 1.54) is 64.6 Å². The molecule has 0 bridgehead atoms. The van der Waals surface area contributed by atoms with Gasteiger partial charge in [0.15, 0.2) is 0 Å². The quantitative estimate of drug-likeness (QED) is 0.618. The van der Waals surface area contributed by atoms with Crippen molar-refractivity contribution >= 4 is 0 Å². The van der Waals surface area contributed by atoms with E-state index in [1.54, 1.807) is 0 Å². The Morgan fingerprint density at radius 3 is 2.53 bits per heavy atom. The third-order valence-electron chi connectivity index (χ3n) is 3.77. The van der Waals surface area contributed by atoms with Crippen molar-refractivity contribution in [3.05, 3.63) is 0 Å². The summed E-state index contributed by atoms with van der Waals surface area (Å²) in [4.78, 5) is 2.53. The Morgan fingerprint density at radius 2 is 1.93 bits per heavy atom. The highest BCUT2D eigenvalue weighted by atomic mass is 15.1. The summed E-state index contributed by atoms with van der Waals surface area (Å²) in [5.74, 6) is 1.03. The molecule has 0 atom stereocenters. The Hall–Kier alpha value is -0.0800. The van der Waals surface area contributed by atoms with Crippen molar-refractivity contribution in [2.24, 2.45) is 5.92 Å². The van der Waals surface area contributed by atoms with Crippen LogP contribution in [0.25, 0.3) is 0 Å². The largest absolute Gasteiger partial charge is 0.314 e.